The van der Waals surface area contributed by atoms with Crippen LogP contribution in [0, 0.1) is 0 Å². The first-order chi connectivity index (χ1) is 33.0. The van der Waals surface area contributed by atoms with Gasteiger partial charge in [-0.05, 0) is 89.9 Å². The maximum atomic E-state index is 12.8. The molecule has 0 aromatic rings. The van der Waals surface area contributed by atoms with Crippen LogP contribution in [0.1, 0.15) is 265 Å². The first kappa shape index (κ1) is 63.6. The fourth-order valence-electron chi connectivity index (χ4n) is 7.74. The third kappa shape index (κ3) is 53.4. The number of hydrogen-bond donors (Lipinski definition) is 0. The van der Waals surface area contributed by atoms with Gasteiger partial charge in [0, 0.05) is 19.3 Å². The number of esters is 3. The lowest BCUT2D eigenvalue weighted by Gasteiger charge is -2.18. The fraction of sp³-hybridized carbons (Fsp3) is 0.721. The fourth-order valence-corrected chi connectivity index (χ4v) is 7.74. The van der Waals surface area contributed by atoms with E-state index >= 15 is 0 Å². The largest absolute Gasteiger partial charge is 0.462 e. The molecule has 0 N–H and O–H groups in total. The van der Waals surface area contributed by atoms with Crippen molar-refractivity contribution in [1.82, 2.24) is 0 Å². The van der Waals surface area contributed by atoms with Crippen molar-refractivity contribution in [1.29, 1.82) is 0 Å². The predicted molar refractivity (Wildman–Crippen MR) is 288 cm³/mol. The average molecular weight is 933 g/mol. The van der Waals surface area contributed by atoms with Crippen molar-refractivity contribution in [2.45, 2.75) is 271 Å². The summed E-state index contributed by atoms with van der Waals surface area (Å²) in [6, 6.07) is 0. The molecule has 0 amide bonds. The molecule has 0 saturated heterocycles. The molecular weight excluding hydrogens is 829 g/mol. The third-order valence-corrected chi connectivity index (χ3v) is 11.9. The van der Waals surface area contributed by atoms with Gasteiger partial charge in [0.05, 0.1) is 0 Å². The highest BCUT2D eigenvalue weighted by atomic mass is 16.6. The Morgan fingerprint density at radius 3 is 0.940 bits per heavy atom. The van der Waals surface area contributed by atoms with Crippen molar-refractivity contribution >= 4 is 17.9 Å². The van der Waals surface area contributed by atoms with Gasteiger partial charge in [0.2, 0.25) is 0 Å². The van der Waals surface area contributed by atoms with E-state index in [1.807, 2.05) is 0 Å². The van der Waals surface area contributed by atoms with Crippen molar-refractivity contribution < 1.29 is 28.6 Å². The summed E-state index contributed by atoms with van der Waals surface area (Å²) >= 11 is 0. The molecule has 0 aromatic carbocycles. The predicted octanol–water partition coefficient (Wildman–Crippen LogP) is 18.8. The van der Waals surface area contributed by atoms with Gasteiger partial charge in [-0.1, -0.05) is 241 Å². The normalized spacial score (nSPS) is 12.7. The lowest BCUT2D eigenvalue weighted by Crippen LogP contribution is -2.30. The molecule has 6 nitrogen and oxygen atoms in total. The van der Waals surface area contributed by atoms with E-state index in [2.05, 4.69) is 106 Å². The third-order valence-electron chi connectivity index (χ3n) is 11.9. The second-order valence-corrected chi connectivity index (χ2v) is 18.4. The van der Waals surface area contributed by atoms with Crippen LogP contribution >= 0.6 is 0 Å². The monoisotopic (exact) mass is 933 g/mol. The zero-order valence-corrected chi connectivity index (χ0v) is 43.9. The standard InChI is InChI=1S/C61H104O6/c1-4-7-10-13-16-19-22-25-27-28-29-30-31-32-34-36-39-42-45-48-51-54-60(63)66-57-58(56-65-59(62)53-50-47-44-41-38-35-24-21-18-15-12-9-6-3)67-61(64)55-52-49-46-43-40-37-33-26-23-20-17-14-11-8-5-2/h8-9,11-12,17-18,20-21,26,33,35,38,40,43,58H,4-7,10,13-16,19,22-25,27-32,34,36-37,39,41-42,44-57H2,1-3H3/b11-8-,12-9-,20-17-,21-18-,33-26-,38-35-,43-40-. The van der Waals surface area contributed by atoms with E-state index in [0.29, 0.717) is 19.3 Å². The molecule has 384 valence electrons. The van der Waals surface area contributed by atoms with Gasteiger partial charge < -0.3 is 14.2 Å². The summed E-state index contributed by atoms with van der Waals surface area (Å²) in [7, 11) is 0. The van der Waals surface area contributed by atoms with Gasteiger partial charge in [-0.2, -0.15) is 0 Å². The molecule has 0 aromatic heterocycles. The molecule has 0 bridgehead atoms. The van der Waals surface area contributed by atoms with E-state index in [1.54, 1.807) is 0 Å². The summed E-state index contributed by atoms with van der Waals surface area (Å²) in [5, 5.41) is 0. The molecule has 0 fully saturated rings. The molecule has 0 heterocycles. The van der Waals surface area contributed by atoms with Crippen molar-refractivity contribution in [3.8, 4) is 0 Å². The number of unbranched alkanes of at least 4 members (excludes halogenated alkanes) is 25. The second kappa shape index (κ2) is 55.2. The lowest BCUT2D eigenvalue weighted by atomic mass is 10.0. The molecular formula is C61H104O6. The Hall–Kier alpha value is -3.41. The smallest absolute Gasteiger partial charge is 0.306 e. The molecule has 0 rings (SSSR count). The van der Waals surface area contributed by atoms with Crippen LogP contribution < -0.4 is 0 Å². The zero-order valence-electron chi connectivity index (χ0n) is 43.9. The Morgan fingerprint density at radius 1 is 0.313 bits per heavy atom. The van der Waals surface area contributed by atoms with Gasteiger partial charge in [-0.15, -0.1) is 0 Å². The summed E-state index contributed by atoms with van der Waals surface area (Å²) in [4.78, 5) is 38.1. The first-order valence-electron chi connectivity index (χ1n) is 28.1. The van der Waals surface area contributed by atoms with Crippen LogP contribution in [0.25, 0.3) is 0 Å². The Kier molecular flexibility index (Phi) is 52.4. The summed E-state index contributed by atoms with van der Waals surface area (Å²) in [6.07, 6.45) is 71.6. The number of rotatable bonds is 50. The van der Waals surface area contributed by atoms with Crippen LogP contribution in [0.4, 0.5) is 0 Å². The topological polar surface area (TPSA) is 78.9 Å². The quantitative estimate of drug-likeness (QED) is 0.0262. The maximum absolute atomic E-state index is 12.8. The molecule has 0 aliphatic heterocycles. The molecule has 0 spiro atoms. The van der Waals surface area contributed by atoms with Crippen molar-refractivity contribution in [2.75, 3.05) is 13.2 Å². The first-order valence-corrected chi connectivity index (χ1v) is 28.1. The highest BCUT2D eigenvalue weighted by Crippen LogP contribution is 2.16. The summed E-state index contributed by atoms with van der Waals surface area (Å²) < 4.78 is 16.8. The van der Waals surface area contributed by atoms with E-state index in [-0.39, 0.29) is 37.5 Å². The van der Waals surface area contributed by atoms with Gasteiger partial charge in [-0.3, -0.25) is 14.4 Å². The maximum Gasteiger partial charge on any atom is 0.306 e. The number of carbonyl (C=O) groups excluding carboxylic acids is 3. The summed E-state index contributed by atoms with van der Waals surface area (Å²) in [5.74, 6) is -0.969. The van der Waals surface area contributed by atoms with E-state index in [9.17, 15) is 14.4 Å². The van der Waals surface area contributed by atoms with Crippen LogP contribution in [0.3, 0.4) is 0 Å². The highest BCUT2D eigenvalue weighted by Gasteiger charge is 2.19. The Bertz CT molecular complexity index is 1300. The molecule has 67 heavy (non-hydrogen) atoms. The van der Waals surface area contributed by atoms with Gasteiger partial charge in [-0.25, -0.2) is 0 Å². The lowest BCUT2D eigenvalue weighted by molar-refractivity contribution is -0.167. The van der Waals surface area contributed by atoms with Gasteiger partial charge in [0.15, 0.2) is 6.10 Å². The van der Waals surface area contributed by atoms with Gasteiger partial charge >= 0.3 is 17.9 Å². The van der Waals surface area contributed by atoms with Crippen LogP contribution in [0.15, 0.2) is 85.1 Å². The summed E-state index contributed by atoms with van der Waals surface area (Å²) in [5.41, 5.74) is 0. The molecule has 0 aliphatic rings. The highest BCUT2D eigenvalue weighted by molar-refractivity contribution is 5.71. The Labute approximate surface area is 414 Å². The Morgan fingerprint density at radius 2 is 0.582 bits per heavy atom. The number of ether oxygens (including phenoxy) is 3. The molecule has 0 aliphatic carbocycles. The van der Waals surface area contributed by atoms with E-state index in [4.69, 9.17) is 14.2 Å². The van der Waals surface area contributed by atoms with Crippen LogP contribution in [0.5, 0.6) is 0 Å². The van der Waals surface area contributed by atoms with E-state index < -0.39 is 6.10 Å². The molecule has 1 atom stereocenters. The van der Waals surface area contributed by atoms with Crippen molar-refractivity contribution in [3.05, 3.63) is 85.1 Å². The number of carbonyl (C=O) groups is 3. The minimum absolute atomic E-state index is 0.101. The van der Waals surface area contributed by atoms with Crippen molar-refractivity contribution in [3.63, 3.8) is 0 Å². The van der Waals surface area contributed by atoms with Gasteiger partial charge in [0.1, 0.15) is 13.2 Å². The molecule has 1 unspecified atom stereocenters. The summed E-state index contributed by atoms with van der Waals surface area (Å²) in [6.45, 7) is 6.37. The zero-order chi connectivity index (χ0) is 48.6. The number of hydrogen-bond acceptors (Lipinski definition) is 6. The number of allylic oxidation sites excluding steroid dienone is 14. The molecule has 0 radical (unpaired) electrons. The minimum atomic E-state index is -0.809. The van der Waals surface area contributed by atoms with Crippen molar-refractivity contribution in [2.24, 2.45) is 0 Å². The van der Waals surface area contributed by atoms with E-state index in [1.165, 1.54) is 116 Å². The van der Waals surface area contributed by atoms with Crippen LogP contribution in [-0.2, 0) is 28.6 Å². The van der Waals surface area contributed by atoms with Gasteiger partial charge in [0.25, 0.3) is 0 Å². The average Bonchev–Trinajstić information content (AvgIpc) is 3.33. The van der Waals surface area contributed by atoms with Crippen LogP contribution in [0.2, 0.25) is 0 Å². The Balaban J connectivity index is 4.38. The SMILES string of the molecule is CC/C=C\C/C=C\C/C=C\C/C=C\CCCCC(=O)OC(COC(=O)CCCCC/C=C\C/C=C\C/C=C\CC)COC(=O)CCCCCCCCCCCCCCCCCCCCCCC. The van der Waals surface area contributed by atoms with E-state index in [0.717, 1.165) is 103 Å². The molecule has 6 heteroatoms. The minimum Gasteiger partial charge on any atom is -0.462 e. The molecule has 0 saturated carbocycles. The van der Waals surface area contributed by atoms with Crippen LogP contribution in [-0.4, -0.2) is 37.2 Å². The second-order valence-electron chi connectivity index (χ2n) is 18.4.